The Labute approximate surface area is 127 Å². The number of alkyl halides is 3. The van der Waals surface area contributed by atoms with Gasteiger partial charge in [-0.1, -0.05) is 18.2 Å². The maximum absolute atomic E-state index is 12.6. The van der Waals surface area contributed by atoms with Crippen LogP contribution < -0.4 is 4.90 Å². The molecule has 1 aliphatic heterocycles. The molecule has 0 saturated heterocycles. The number of halogens is 3. The molecule has 0 aromatic heterocycles. The molecule has 3 nitrogen and oxygen atoms in total. The maximum atomic E-state index is 12.6. The van der Waals surface area contributed by atoms with Crippen LogP contribution in [0.3, 0.4) is 0 Å². The van der Waals surface area contributed by atoms with Gasteiger partial charge in [-0.2, -0.15) is 13.2 Å². The van der Waals surface area contributed by atoms with Gasteiger partial charge in [-0.3, -0.25) is 9.69 Å². The summed E-state index contributed by atoms with van der Waals surface area (Å²) in [4.78, 5) is 15.8. The number of hydrogen-bond acceptors (Lipinski definition) is 2. The van der Waals surface area contributed by atoms with Crippen LogP contribution in [0, 0.1) is 11.8 Å². The van der Waals surface area contributed by atoms with Gasteiger partial charge in [0.15, 0.2) is 0 Å². The lowest BCUT2D eigenvalue weighted by Gasteiger charge is -2.39. The van der Waals surface area contributed by atoms with Crippen molar-refractivity contribution in [3.8, 4) is 0 Å². The molecule has 6 heteroatoms. The van der Waals surface area contributed by atoms with Crippen molar-refractivity contribution in [2.24, 2.45) is 11.8 Å². The lowest BCUT2D eigenvalue weighted by Crippen LogP contribution is -2.43. The average Bonchev–Trinajstić information content (AvgIpc) is 2.51. The Morgan fingerprint density at radius 1 is 1.18 bits per heavy atom. The van der Waals surface area contributed by atoms with Crippen LogP contribution in [0.1, 0.15) is 18.4 Å². The lowest BCUT2D eigenvalue weighted by molar-refractivity contribution is -0.205. The number of anilines is 1. The predicted octanol–water partition coefficient (Wildman–Crippen LogP) is 3.05. The number of hydrogen-bond donors (Lipinski definition) is 0. The number of rotatable bonds is 2. The highest BCUT2D eigenvalue weighted by atomic mass is 19.4. The summed E-state index contributed by atoms with van der Waals surface area (Å²) in [7, 11) is 1.74. The zero-order valence-electron chi connectivity index (χ0n) is 12.4. The Balaban J connectivity index is 1.66. The second kappa shape index (κ2) is 5.57. The minimum absolute atomic E-state index is 0.0170. The Morgan fingerprint density at radius 3 is 2.55 bits per heavy atom. The summed E-state index contributed by atoms with van der Waals surface area (Å²) >= 11 is 0. The highest BCUT2D eigenvalue weighted by molar-refractivity contribution is 5.95. The predicted molar refractivity (Wildman–Crippen MR) is 77.4 cm³/mol. The van der Waals surface area contributed by atoms with E-state index in [9.17, 15) is 18.0 Å². The van der Waals surface area contributed by atoms with E-state index in [1.54, 1.807) is 11.9 Å². The molecule has 0 radical (unpaired) electrons. The molecule has 0 atom stereocenters. The van der Waals surface area contributed by atoms with Gasteiger partial charge in [0.1, 0.15) is 0 Å². The topological polar surface area (TPSA) is 23.6 Å². The molecular formula is C16H19F3N2O. The summed E-state index contributed by atoms with van der Waals surface area (Å²) in [5.41, 5.74) is 1.93. The molecule has 3 rings (SSSR count). The minimum atomic E-state index is -4.07. The van der Waals surface area contributed by atoms with Crippen molar-refractivity contribution in [3.63, 3.8) is 0 Å². The minimum Gasteiger partial charge on any atom is -0.314 e. The van der Waals surface area contributed by atoms with Gasteiger partial charge in [0, 0.05) is 25.8 Å². The quantitative estimate of drug-likeness (QED) is 0.838. The van der Waals surface area contributed by atoms with E-state index in [1.165, 1.54) is 0 Å². The van der Waals surface area contributed by atoms with Crippen molar-refractivity contribution in [1.29, 1.82) is 0 Å². The molecule has 1 heterocycles. The van der Waals surface area contributed by atoms with E-state index in [4.69, 9.17) is 0 Å². The van der Waals surface area contributed by atoms with Crippen LogP contribution in [0.25, 0.3) is 0 Å². The van der Waals surface area contributed by atoms with Gasteiger partial charge in [-0.15, -0.1) is 0 Å². The molecule has 1 amide bonds. The number of amides is 1. The van der Waals surface area contributed by atoms with Gasteiger partial charge >= 0.3 is 6.18 Å². The third kappa shape index (κ3) is 2.97. The van der Waals surface area contributed by atoms with Crippen LogP contribution in [0.15, 0.2) is 24.3 Å². The second-order valence-electron chi connectivity index (χ2n) is 6.33. The zero-order chi connectivity index (χ0) is 15.9. The van der Waals surface area contributed by atoms with Gasteiger partial charge in [-0.25, -0.2) is 0 Å². The number of para-hydroxylation sites is 1. The van der Waals surface area contributed by atoms with Crippen molar-refractivity contribution in [3.05, 3.63) is 29.8 Å². The maximum Gasteiger partial charge on any atom is 0.391 e. The second-order valence-corrected chi connectivity index (χ2v) is 6.33. The van der Waals surface area contributed by atoms with E-state index in [0.29, 0.717) is 13.1 Å². The molecule has 1 aromatic carbocycles. The number of benzene rings is 1. The van der Waals surface area contributed by atoms with E-state index >= 15 is 0 Å². The van der Waals surface area contributed by atoms with Gasteiger partial charge in [0.05, 0.1) is 12.5 Å². The van der Waals surface area contributed by atoms with Crippen LogP contribution >= 0.6 is 0 Å². The van der Waals surface area contributed by atoms with Crippen molar-refractivity contribution >= 4 is 11.6 Å². The smallest absolute Gasteiger partial charge is 0.314 e. The summed E-state index contributed by atoms with van der Waals surface area (Å²) in [6, 6.07) is 7.68. The third-order valence-electron chi connectivity index (χ3n) is 4.69. The number of likely N-dealkylation sites (N-methyl/N-ethyl adjacent to an activating group) is 1. The first-order chi connectivity index (χ1) is 10.3. The third-order valence-corrected chi connectivity index (χ3v) is 4.69. The Kier molecular flexibility index (Phi) is 3.89. The normalized spacial score (nSPS) is 26.4. The molecule has 0 unspecified atom stereocenters. The van der Waals surface area contributed by atoms with E-state index in [2.05, 4.69) is 0 Å². The molecular weight excluding hydrogens is 293 g/mol. The van der Waals surface area contributed by atoms with E-state index in [0.717, 1.165) is 11.3 Å². The largest absolute Gasteiger partial charge is 0.391 e. The van der Waals surface area contributed by atoms with Crippen LogP contribution in [0.2, 0.25) is 0 Å². The summed E-state index contributed by atoms with van der Waals surface area (Å²) in [5, 5.41) is 0. The first-order valence-electron chi connectivity index (χ1n) is 7.48. The SMILES string of the molecule is CN1C(=O)CN(CC2CC(C(F)(F)F)C2)Cc2ccccc21. The number of carbonyl (C=O) groups is 1. The van der Waals surface area contributed by atoms with Gasteiger partial charge in [0.2, 0.25) is 5.91 Å². The standard InChI is InChI=1S/C16H19F3N2O/c1-20-14-5-3-2-4-12(14)9-21(10-15(20)22)8-11-6-13(7-11)16(17,18)19/h2-5,11,13H,6-10H2,1H3. The fourth-order valence-corrected chi connectivity index (χ4v) is 3.35. The molecule has 0 bridgehead atoms. The average molecular weight is 312 g/mol. The number of carbonyl (C=O) groups excluding carboxylic acids is 1. The Morgan fingerprint density at radius 2 is 1.86 bits per heavy atom. The van der Waals surface area contributed by atoms with Crippen molar-refractivity contribution in [2.75, 3.05) is 25.0 Å². The first kappa shape index (κ1) is 15.3. The molecule has 1 fully saturated rings. The molecule has 1 aliphatic carbocycles. The monoisotopic (exact) mass is 312 g/mol. The van der Waals surface area contributed by atoms with Crippen molar-refractivity contribution in [2.45, 2.75) is 25.6 Å². The fourth-order valence-electron chi connectivity index (χ4n) is 3.35. The fraction of sp³-hybridized carbons (Fsp3) is 0.562. The van der Waals surface area contributed by atoms with Gasteiger partial charge in [-0.05, 0) is 30.4 Å². The summed E-state index contributed by atoms with van der Waals surface area (Å²) in [6.45, 7) is 1.43. The first-order valence-corrected chi connectivity index (χ1v) is 7.48. The molecule has 1 saturated carbocycles. The molecule has 120 valence electrons. The zero-order valence-corrected chi connectivity index (χ0v) is 12.4. The summed E-state index contributed by atoms with van der Waals surface area (Å²) in [5.74, 6) is -1.14. The summed E-state index contributed by atoms with van der Waals surface area (Å²) in [6.07, 6.45) is -3.70. The van der Waals surface area contributed by atoms with Crippen molar-refractivity contribution in [1.82, 2.24) is 4.90 Å². The van der Waals surface area contributed by atoms with Crippen LogP contribution in [0.4, 0.5) is 18.9 Å². The van der Waals surface area contributed by atoms with Crippen LogP contribution in [-0.4, -0.2) is 37.1 Å². The highest BCUT2D eigenvalue weighted by Crippen LogP contribution is 2.45. The lowest BCUT2D eigenvalue weighted by atomic mass is 9.74. The molecule has 0 N–H and O–H groups in total. The Hall–Kier alpha value is -1.56. The van der Waals surface area contributed by atoms with Gasteiger partial charge < -0.3 is 4.90 Å². The number of nitrogens with zero attached hydrogens (tertiary/aromatic N) is 2. The molecule has 1 aromatic rings. The van der Waals surface area contributed by atoms with E-state index in [-0.39, 0.29) is 31.2 Å². The summed E-state index contributed by atoms with van der Waals surface area (Å²) < 4.78 is 37.7. The number of fused-ring (bicyclic) bond motifs is 1. The molecule has 2 aliphatic rings. The van der Waals surface area contributed by atoms with Gasteiger partial charge in [0.25, 0.3) is 0 Å². The van der Waals surface area contributed by atoms with E-state index in [1.807, 2.05) is 29.2 Å². The van der Waals surface area contributed by atoms with Crippen molar-refractivity contribution < 1.29 is 18.0 Å². The van der Waals surface area contributed by atoms with Crippen LogP contribution in [0.5, 0.6) is 0 Å². The Bertz CT molecular complexity index is 567. The molecule has 22 heavy (non-hydrogen) atoms. The van der Waals surface area contributed by atoms with E-state index < -0.39 is 12.1 Å². The van der Waals surface area contributed by atoms with Crippen LogP contribution in [-0.2, 0) is 11.3 Å². The molecule has 0 spiro atoms. The highest BCUT2D eigenvalue weighted by Gasteiger charge is 2.48.